The monoisotopic (exact) mass is 376 g/mol. The third-order valence-electron chi connectivity index (χ3n) is 2.56. The second kappa shape index (κ2) is 12.3. The lowest BCUT2D eigenvalue weighted by Crippen LogP contribution is -2.24. The number of phenolic OH excluding ortho intramolecular Hbond substituents is 2. The Hall–Kier alpha value is -4.12. The fourth-order valence-corrected chi connectivity index (χ4v) is 1.46. The molecule has 0 spiro atoms. The number of hydrogen-bond acceptors (Lipinski definition) is 6. The van der Waals surface area contributed by atoms with E-state index in [1.54, 1.807) is 24.3 Å². The summed E-state index contributed by atoms with van der Waals surface area (Å²) in [7, 11) is 0. The van der Waals surface area contributed by atoms with Gasteiger partial charge in [-0.15, -0.1) is 0 Å². The maximum Gasteiger partial charge on any atom is 0.332 e. The van der Waals surface area contributed by atoms with Crippen molar-refractivity contribution in [3.63, 3.8) is 0 Å². The Bertz CT molecular complexity index is 707. The van der Waals surface area contributed by atoms with E-state index in [9.17, 15) is 9.59 Å². The summed E-state index contributed by atoms with van der Waals surface area (Å²) in [4.78, 5) is 20.4. The van der Waals surface area contributed by atoms with Crippen LogP contribution in [0.5, 0.6) is 11.5 Å². The summed E-state index contributed by atoms with van der Waals surface area (Å²) in [6, 6.07) is 11.3. The molecule has 0 saturated heterocycles. The molecule has 144 valence electrons. The van der Waals surface area contributed by atoms with E-state index >= 15 is 0 Å². The van der Waals surface area contributed by atoms with Gasteiger partial charge in [-0.3, -0.25) is 0 Å². The van der Waals surface area contributed by atoms with Crippen LogP contribution in [-0.2, 0) is 0 Å². The maximum atomic E-state index is 10.2. The number of rotatable bonds is 4. The number of benzene rings is 2. The zero-order valence-corrected chi connectivity index (χ0v) is 14.0. The molecule has 0 bridgehead atoms. The highest BCUT2D eigenvalue weighted by Crippen LogP contribution is 2.08. The number of carbonyl (C=O) groups excluding carboxylic acids is 2. The molecular weight excluding hydrogens is 356 g/mol. The molecule has 4 amide bonds. The molecule has 2 rings (SSSR count). The van der Waals surface area contributed by atoms with Crippen LogP contribution in [0.25, 0.3) is 0 Å². The Balaban J connectivity index is 0.000000483. The van der Waals surface area contributed by atoms with Gasteiger partial charge in [0.05, 0.1) is 12.4 Å². The molecule has 0 aliphatic heterocycles. The summed E-state index contributed by atoms with van der Waals surface area (Å²) in [5.74, 6) is 0.361. The van der Waals surface area contributed by atoms with E-state index in [-0.39, 0.29) is 17.0 Å². The average molecular weight is 376 g/mol. The fraction of sp³-hybridized carbons (Fsp3) is 0. The Labute approximate surface area is 154 Å². The summed E-state index contributed by atoms with van der Waals surface area (Å²) in [6.07, 6.45) is 2.84. The van der Waals surface area contributed by atoms with E-state index in [2.05, 4.69) is 21.1 Å². The first-order chi connectivity index (χ1) is 12.4. The van der Waals surface area contributed by atoms with Crippen molar-refractivity contribution in [1.82, 2.24) is 10.9 Å². The number of hydrogen-bond donors (Lipinski definition) is 6. The largest absolute Gasteiger partial charge is 0.508 e. The molecule has 2 aromatic carbocycles. The van der Waals surface area contributed by atoms with Gasteiger partial charge in [-0.1, -0.05) is 0 Å². The van der Waals surface area contributed by atoms with Crippen LogP contribution in [0.15, 0.2) is 58.7 Å². The lowest BCUT2D eigenvalue weighted by molar-refractivity contribution is 0.248. The van der Waals surface area contributed by atoms with E-state index in [0.29, 0.717) is 0 Å². The Morgan fingerprint density at radius 1 is 0.741 bits per heavy atom. The number of phenols is 2. The third-order valence-corrected chi connectivity index (χ3v) is 2.56. The molecule has 0 unspecified atom stereocenters. The smallest absolute Gasteiger partial charge is 0.332 e. The minimum atomic E-state index is -0.713. The Kier molecular flexibility index (Phi) is 10.4. The molecule has 27 heavy (non-hydrogen) atoms. The number of nitrogens with one attached hydrogen (secondary N) is 2. The van der Waals surface area contributed by atoms with Gasteiger partial charge in [-0.05, 0) is 59.7 Å². The van der Waals surface area contributed by atoms with Crippen LogP contribution in [0, 0.1) is 0 Å². The van der Waals surface area contributed by atoms with E-state index in [0.717, 1.165) is 11.1 Å². The van der Waals surface area contributed by atoms with Crippen LogP contribution in [0.3, 0.4) is 0 Å². The van der Waals surface area contributed by atoms with Crippen LogP contribution in [0.4, 0.5) is 9.59 Å². The van der Waals surface area contributed by atoms with Gasteiger partial charge in [0.25, 0.3) is 0 Å². The average Bonchev–Trinajstić information content (AvgIpc) is 2.58. The predicted octanol–water partition coefficient (Wildman–Crippen LogP) is -0.0359. The molecule has 0 radical (unpaired) electrons. The molecule has 11 nitrogen and oxygen atoms in total. The third kappa shape index (κ3) is 11.1. The highest BCUT2D eigenvalue weighted by atomic mass is 16.3. The lowest BCUT2D eigenvalue weighted by atomic mass is 10.2. The number of amides is 4. The highest BCUT2D eigenvalue weighted by molar-refractivity contribution is 5.82. The topological polar surface area (TPSA) is 207 Å². The van der Waals surface area contributed by atoms with Crippen molar-refractivity contribution in [3.8, 4) is 11.5 Å². The molecule has 0 aliphatic carbocycles. The molecule has 0 fully saturated rings. The van der Waals surface area contributed by atoms with E-state index < -0.39 is 12.1 Å². The van der Waals surface area contributed by atoms with Crippen LogP contribution in [0.2, 0.25) is 0 Å². The number of nitrogens with two attached hydrogens (primary N) is 2. The molecule has 0 aromatic heterocycles. The van der Waals surface area contributed by atoms with E-state index in [1.165, 1.54) is 36.7 Å². The van der Waals surface area contributed by atoms with Crippen LogP contribution in [-0.4, -0.2) is 40.2 Å². The minimum Gasteiger partial charge on any atom is -0.508 e. The number of nitrogens with zero attached hydrogens (tertiary/aromatic N) is 2. The summed E-state index contributed by atoms with van der Waals surface area (Å²) < 4.78 is 0. The van der Waals surface area contributed by atoms with Crippen molar-refractivity contribution >= 4 is 24.5 Å². The highest BCUT2D eigenvalue weighted by Gasteiger charge is 1.90. The van der Waals surface area contributed by atoms with Crippen molar-refractivity contribution in [2.45, 2.75) is 0 Å². The van der Waals surface area contributed by atoms with Gasteiger partial charge in [0.1, 0.15) is 11.5 Å². The number of carbonyl (C=O) groups is 2. The quantitative estimate of drug-likeness (QED) is 0.320. The first kappa shape index (κ1) is 22.9. The fourth-order valence-electron chi connectivity index (χ4n) is 1.46. The van der Waals surface area contributed by atoms with E-state index in [4.69, 9.17) is 21.7 Å². The molecule has 0 aliphatic rings. The van der Waals surface area contributed by atoms with Crippen molar-refractivity contribution in [2.24, 2.45) is 21.7 Å². The second-order valence-corrected chi connectivity index (χ2v) is 4.65. The second-order valence-electron chi connectivity index (χ2n) is 4.65. The van der Waals surface area contributed by atoms with Gasteiger partial charge >= 0.3 is 12.1 Å². The zero-order chi connectivity index (χ0) is 19.4. The van der Waals surface area contributed by atoms with Gasteiger partial charge in [0.15, 0.2) is 0 Å². The molecule has 0 atom stereocenters. The number of hydrazone groups is 2. The first-order valence-electron chi connectivity index (χ1n) is 7.12. The zero-order valence-electron chi connectivity index (χ0n) is 14.0. The summed E-state index contributed by atoms with van der Waals surface area (Å²) in [5.41, 5.74) is 15.2. The number of aromatic hydroxyl groups is 2. The molecule has 0 heterocycles. The first-order valence-corrected chi connectivity index (χ1v) is 7.12. The number of primary amides is 2. The van der Waals surface area contributed by atoms with Gasteiger partial charge in [0, 0.05) is 0 Å². The van der Waals surface area contributed by atoms with Crippen LogP contribution >= 0.6 is 0 Å². The SMILES string of the molecule is NC(=O)N/N=C/c1ccc(O)cc1.NC(=O)N/N=C/c1ccc(O)cc1.O. The maximum absolute atomic E-state index is 10.2. The summed E-state index contributed by atoms with van der Waals surface area (Å²) >= 11 is 0. The van der Waals surface area contributed by atoms with Crippen molar-refractivity contribution < 1.29 is 25.3 Å². The van der Waals surface area contributed by atoms with Gasteiger partial charge in [-0.25, -0.2) is 20.4 Å². The van der Waals surface area contributed by atoms with Crippen molar-refractivity contribution in [1.29, 1.82) is 0 Å². The van der Waals surface area contributed by atoms with Gasteiger partial charge in [0.2, 0.25) is 0 Å². The summed E-state index contributed by atoms with van der Waals surface area (Å²) in [5, 5.41) is 25.0. The van der Waals surface area contributed by atoms with Crippen molar-refractivity contribution in [2.75, 3.05) is 0 Å². The Morgan fingerprint density at radius 2 is 1.04 bits per heavy atom. The van der Waals surface area contributed by atoms with E-state index in [1.807, 2.05) is 0 Å². The molecular formula is C16H20N6O5. The predicted molar refractivity (Wildman–Crippen MR) is 100 cm³/mol. The normalized spacial score (nSPS) is 9.78. The minimum absolute atomic E-state index is 0. The standard InChI is InChI=1S/2C8H9N3O2.H2O/c2*9-8(13)11-10-5-6-1-3-7(12)4-2-6;/h2*1-5,12H,(H3,9,11,13);1H2/b2*10-5+;. The molecule has 0 saturated carbocycles. The molecule has 2 aromatic rings. The summed E-state index contributed by atoms with van der Waals surface area (Å²) in [6.45, 7) is 0. The van der Waals surface area contributed by atoms with Crippen LogP contribution < -0.4 is 22.3 Å². The number of urea groups is 2. The molecule has 10 N–H and O–H groups in total. The van der Waals surface area contributed by atoms with Crippen LogP contribution in [0.1, 0.15) is 11.1 Å². The lowest BCUT2D eigenvalue weighted by Gasteiger charge is -1.93. The van der Waals surface area contributed by atoms with Gasteiger partial charge in [-0.2, -0.15) is 10.2 Å². The van der Waals surface area contributed by atoms with Gasteiger partial charge < -0.3 is 27.2 Å². The Morgan fingerprint density at radius 3 is 1.30 bits per heavy atom. The van der Waals surface area contributed by atoms with Crippen molar-refractivity contribution in [3.05, 3.63) is 59.7 Å². The molecule has 11 heteroatoms.